The molecule has 2 fully saturated rings. The zero-order valence-electron chi connectivity index (χ0n) is 11.4. The van der Waals surface area contributed by atoms with E-state index in [1.165, 1.54) is 57.2 Å². The minimum atomic E-state index is 0.642. The van der Waals surface area contributed by atoms with E-state index in [0.717, 1.165) is 17.9 Å². The van der Waals surface area contributed by atoms with E-state index in [2.05, 4.69) is 18.9 Å². The third-order valence-corrected chi connectivity index (χ3v) is 5.23. The van der Waals surface area contributed by atoms with Crippen LogP contribution in [-0.2, 0) is 0 Å². The van der Waals surface area contributed by atoms with Gasteiger partial charge in [0.05, 0.1) is 12.1 Å². The normalized spacial score (nSPS) is 42.2. The first-order valence-electron chi connectivity index (χ1n) is 7.56. The number of nitrogens with zero attached hydrogens (tertiary/aromatic N) is 2. The number of likely N-dealkylation sites (N-methyl/N-ethyl adjacent to an activating group) is 1. The van der Waals surface area contributed by atoms with Crippen LogP contribution in [-0.4, -0.2) is 29.9 Å². The first kappa shape index (κ1) is 11.6. The van der Waals surface area contributed by atoms with E-state index in [4.69, 9.17) is 4.99 Å². The Kier molecular flexibility index (Phi) is 3.14. The Morgan fingerprint density at radius 1 is 1.00 bits per heavy atom. The van der Waals surface area contributed by atoms with Crippen molar-refractivity contribution in [2.75, 3.05) is 7.05 Å². The molecular formula is C15H26N2. The van der Waals surface area contributed by atoms with E-state index < -0.39 is 0 Å². The van der Waals surface area contributed by atoms with Gasteiger partial charge < -0.3 is 4.90 Å². The Morgan fingerprint density at radius 2 is 1.71 bits per heavy atom. The molecule has 0 aromatic heterocycles. The molecule has 1 heterocycles. The van der Waals surface area contributed by atoms with Gasteiger partial charge in [-0.05, 0) is 31.6 Å². The molecule has 0 radical (unpaired) electrons. The largest absolute Gasteiger partial charge is 0.358 e. The van der Waals surface area contributed by atoms with Crippen LogP contribution < -0.4 is 0 Å². The highest BCUT2D eigenvalue weighted by Gasteiger charge is 2.38. The SMILES string of the molecule is CC1CCC(C2=NC3CCCCC3N2C)CC1. The van der Waals surface area contributed by atoms with Crippen molar-refractivity contribution in [2.24, 2.45) is 16.8 Å². The second kappa shape index (κ2) is 4.62. The minimum absolute atomic E-state index is 0.642. The van der Waals surface area contributed by atoms with Crippen LogP contribution in [0, 0.1) is 11.8 Å². The van der Waals surface area contributed by atoms with E-state index in [0.29, 0.717) is 6.04 Å². The van der Waals surface area contributed by atoms with E-state index in [9.17, 15) is 0 Å². The fourth-order valence-electron chi connectivity index (χ4n) is 4.04. The van der Waals surface area contributed by atoms with Crippen molar-refractivity contribution in [3.05, 3.63) is 0 Å². The maximum atomic E-state index is 5.08. The molecular weight excluding hydrogens is 208 g/mol. The Hall–Kier alpha value is -0.530. The molecule has 0 spiro atoms. The first-order chi connectivity index (χ1) is 8.25. The number of hydrogen-bond donors (Lipinski definition) is 0. The standard InChI is InChI=1S/C15H26N2/c1-11-7-9-12(10-8-11)15-16-13-5-3-4-6-14(13)17(15)2/h11-14H,3-10H2,1-2H3. The van der Waals surface area contributed by atoms with Crippen LogP contribution in [0.1, 0.15) is 58.3 Å². The van der Waals surface area contributed by atoms with Crippen LogP contribution in [0.5, 0.6) is 0 Å². The molecule has 0 aromatic carbocycles. The lowest BCUT2D eigenvalue weighted by Gasteiger charge is -2.33. The molecule has 0 bridgehead atoms. The molecule has 2 saturated carbocycles. The summed E-state index contributed by atoms with van der Waals surface area (Å²) in [6, 6.07) is 1.39. The van der Waals surface area contributed by atoms with E-state index in [-0.39, 0.29) is 0 Å². The lowest BCUT2D eigenvalue weighted by atomic mass is 9.82. The van der Waals surface area contributed by atoms with E-state index in [1.54, 1.807) is 0 Å². The number of amidine groups is 1. The molecule has 2 nitrogen and oxygen atoms in total. The molecule has 1 aliphatic heterocycles. The fourth-order valence-corrected chi connectivity index (χ4v) is 4.04. The smallest absolute Gasteiger partial charge is 0.102 e. The molecule has 3 aliphatic rings. The van der Waals surface area contributed by atoms with Crippen molar-refractivity contribution in [1.82, 2.24) is 4.90 Å². The van der Waals surface area contributed by atoms with Crippen molar-refractivity contribution < 1.29 is 0 Å². The van der Waals surface area contributed by atoms with Gasteiger partial charge in [-0.15, -0.1) is 0 Å². The summed E-state index contributed by atoms with van der Waals surface area (Å²) in [5, 5.41) is 0. The van der Waals surface area contributed by atoms with Crippen LogP contribution in [0.25, 0.3) is 0 Å². The zero-order valence-corrected chi connectivity index (χ0v) is 11.4. The molecule has 96 valence electrons. The van der Waals surface area contributed by atoms with Gasteiger partial charge in [0.25, 0.3) is 0 Å². The third kappa shape index (κ3) is 2.11. The monoisotopic (exact) mass is 234 g/mol. The molecule has 2 aliphatic carbocycles. The predicted molar refractivity (Wildman–Crippen MR) is 72.4 cm³/mol. The van der Waals surface area contributed by atoms with Gasteiger partial charge in [0.2, 0.25) is 0 Å². The molecule has 0 amide bonds. The molecule has 2 atom stereocenters. The maximum Gasteiger partial charge on any atom is 0.102 e. The Bertz CT molecular complexity index is 302. The summed E-state index contributed by atoms with van der Waals surface area (Å²) in [4.78, 5) is 7.63. The fraction of sp³-hybridized carbons (Fsp3) is 0.933. The topological polar surface area (TPSA) is 15.6 Å². The van der Waals surface area contributed by atoms with Crippen molar-refractivity contribution >= 4 is 5.84 Å². The zero-order chi connectivity index (χ0) is 11.8. The molecule has 0 saturated heterocycles. The Labute approximate surface area is 105 Å². The lowest BCUT2D eigenvalue weighted by molar-refractivity contribution is 0.261. The van der Waals surface area contributed by atoms with Gasteiger partial charge in [0.1, 0.15) is 5.84 Å². The number of rotatable bonds is 1. The third-order valence-electron chi connectivity index (χ3n) is 5.23. The highest BCUT2D eigenvalue weighted by atomic mass is 15.3. The van der Waals surface area contributed by atoms with Crippen LogP contribution in [0.2, 0.25) is 0 Å². The van der Waals surface area contributed by atoms with Crippen LogP contribution in [0.3, 0.4) is 0 Å². The number of fused-ring (bicyclic) bond motifs is 1. The van der Waals surface area contributed by atoms with Crippen LogP contribution in [0.15, 0.2) is 4.99 Å². The van der Waals surface area contributed by atoms with Gasteiger partial charge in [0, 0.05) is 13.0 Å². The summed E-state index contributed by atoms with van der Waals surface area (Å²) < 4.78 is 0. The quantitative estimate of drug-likeness (QED) is 0.678. The van der Waals surface area contributed by atoms with Crippen LogP contribution in [0.4, 0.5) is 0 Å². The highest BCUT2D eigenvalue weighted by Crippen LogP contribution is 2.36. The highest BCUT2D eigenvalue weighted by molar-refractivity contribution is 5.86. The van der Waals surface area contributed by atoms with Gasteiger partial charge in [-0.25, -0.2) is 0 Å². The average molecular weight is 234 g/mol. The van der Waals surface area contributed by atoms with Gasteiger partial charge in [-0.3, -0.25) is 4.99 Å². The number of aliphatic imine (C=N–C) groups is 1. The minimum Gasteiger partial charge on any atom is -0.358 e. The van der Waals surface area contributed by atoms with E-state index in [1.807, 2.05) is 0 Å². The van der Waals surface area contributed by atoms with Crippen molar-refractivity contribution in [3.63, 3.8) is 0 Å². The first-order valence-corrected chi connectivity index (χ1v) is 7.56. The maximum absolute atomic E-state index is 5.08. The lowest BCUT2D eigenvalue weighted by Crippen LogP contribution is -2.41. The second-order valence-electron chi connectivity index (χ2n) is 6.47. The molecule has 17 heavy (non-hydrogen) atoms. The summed E-state index contributed by atoms with van der Waals surface area (Å²) in [5.74, 6) is 3.19. The number of hydrogen-bond acceptors (Lipinski definition) is 2. The Morgan fingerprint density at radius 3 is 2.41 bits per heavy atom. The second-order valence-corrected chi connectivity index (χ2v) is 6.47. The van der Waals surface area contributed by atoms with E-state index >= 15 is 0 Å². The van der Waals surface area contributed by atoms with Crippen molar-refractivity contribution in [2.45, 2.75) is 70.4 Å². The van der Waals surface area contributed by atoms with Gasteiger partial charge >= 0.3 is 0 Å². The van der Waals surface area contributed by atoms with Crippen molar-refractivity contribution in [1.29, 1.82) is 0 Å². The van der Waals surface area contributed by atoms with Gasteiger partial charge in [0.15, 0.2) is 0 Å². The molecule has 0 aromatic rings. The van der Waals surface area contributed by atoms with Gasteiger partial charge in [-0.1, -0.05) is 32.6 Å². The van der Waals surface area contributed by atoms with Crippen molar-refractivity contribution in [3.8, 4) is 0 Å². The molecule has 0 N–H and O–H groups in total. The molecule has 2 unspecified atom stereocenters. The molecule has 3 rings (SSSR count). The van der Waals surface area contributed by atoms with Crippen LogP contribution >= 0.6 is 0 Å². The molecule has 2 heteroatoms. The summed E-state index contributed by atoms with van der Waals surface area (Å²) in [6.45, 7) is 2.40. The summed E-state index contributed by atoms with van der Waals surface area (Å²) in [5.41, 5.74) is 0. The predicted octanol–water partition coefficient (Wildman–Crippen LogP) is 3.47. The van der Waals surface area contributed by atoms with Gasteiger partial charge in [-0.2, -0.15) is 0 Å². The summed E-state index contributed by atoms with van der Waals surface area (Å²) in [7, 11) is 2.30. The average Bonchev–Trinajstić information content (AvgIpc) is 2.69. The summed E-state index contributed by atoms with van der Waals surface area (Å²) >= 11 is 0. The summed E-state index contributed by atoms with van der Waals surface area (Å²) in [6.07, 6.45) is 11.1. The Balaban J connectivity index is 1.70.